The summed E-state index contributed by atoms with van der Waals surface area (Å²) in [4.78, 5) is 29.5. The van der Waals surface area contributed by atoms with Crippen LogP contribution in [-0.2, 0) is 9.59 Å². The minimum atomic E-state index is -0.980. The van der Waals surface area contributed by atoms with E-state index in [0.717, 1.165) is 5.56 Å². The zero-order valence-corrected chi connectivity index (χ0v) is 15.3. The third-order valence-corrected chi connectivity index (χ3v) is 5.02. The van der Waals surface area contributed by atoms with Gasteiger partial charge in [-0.15, -0.1) is 11.3 Å². The first-order valence-electron chi connectivity index (χ1n) is 7.51. The van der Waals surface area contributed by atoms with Gasteiger partial charge in [0.1, 0.15) is 0 Å². The minimum Gasteiger partial charge on any atom is -0.481 e. The van der Waals surface area contributed by atoms with Gasteiger partial charge < -0.3 is 5.11 Å². The van der Waals surface area contributed by atoms with E-state index in [0.29, 0.717) is 15.8 Å². The number of hydrogen-bond donors (Lipinski definition) is 1. The molecule has 24 heavy (non-hydrogen) atoms. The monoisotopic (exact) mass is 366 g/mol. The van der Waals surface area contributed by atoms with Crippen LogP contribution < -0.4 is 4.90 Å². The van der Waals surface area contributed by atoms with Crippen molar-refractivity contribution in [1.82, 2.24) is 4.98 Å². The van der Waals surface area contributed by atoms with Gasteiger partial charge in [0.25, 0.3) is 0 Å². The molecule has 5 nitrogen and oxygen atoms in total. The summed E-state index contributed by atoms with van der Waals surface area (Å²) in [6, 6.07) is 7.36. The number of nitrogens with zero attached hydrogens (tertiary/aromatic N) is 2. The number of anilines is 1. The molecule has 0 aliphatic carbocycles. The number of halogens is 1. The highest BCUT2D eigenvalue weighted by atomic mass is 35.5. The Morgan fingerprint density at radius 2 is 2.00 bits per heavy atom. The highest BCUT2D eigenvalue weighted by molar-refractivity contribution is 7.14. The molecule has 1 aromatic carbocycles. The molecule has 0 radical (unpaired) electrons. The Morgan fingerprint density at radius 3 is 2.58 bits per heavy atom. The Kier molecular flexibility index (Phi) is 5.96. The van der Waals surface area contributed by atoms with Crippen LogP contribution in [0, 0.1) is 11.8 Å². The van der Waals surface area contributed by atoms with E-state index in [1.54, 1.807) is 13.1 Å². The topological polar surface area (TPSA) is 70.5 Å². The number of aliphatic carboxylic acids is 1. The van der Waals surface area contributed by atoms with Crippen molar-refractivity contribution in [2.45, 2.75) is 20.3 Å². The maximum atomic E-state index is 12.6. The average Bonchev–Trinajstić information content (AvgIpc) is 3.01. The molecule has 1 heterocycles. The maximum Gasteiger partial charge on any atom is 0.304 e. The van der Waals surface area contributed by atoms with E-state index in [4.69, 9.17) is 16.7 Å². The van der Waals surface area contributed by atoms with Crippen molar-refractivity contribution in [3.8, 4) is 11.3 Å². The molecule has 1 unspecified atom stereocenters. The molecule has 0 saturated carbocycles. The molecule has 0 spiro atoms. The molecule has 0 aliphatic heterocycles. The van der Waals surface area contributed by atoms with Crippen molar-refractivity contribution in [3.05, 3.63) is 34.7 Å². The number of carboxylic acids is 1. The fourth-order valence-electron chi connectivity index (χ4n) is 2.35. The van der Waals surface area contributed by atoms with E-state index in [1.165, 1.54) is 16.2 Å². The number of hydrogen-bond acceptors (Lipinski definition) is 4. The quantitative estimate of drug-likeness (QED) is 0.832. The molecule has 7 heteroatoms. The van der Waals surface area contributed by atoms with Gasteiger partial charge >= 0.3 is 5.97 Å². The maximum absolute atomic E-state index is 12.6. The summed E-state index contributed by atoms with van der Waals surface area (Å²) >= 11 is 7.50. The van der Waals surface area contributed by atoms with Gasteiger partial charge in [0.2, 0.25) is 5.91 Å². The van der Waals surface area contributed by atoms with Crippen molar-refractivity contribution in [3.63, 3.8) is 0 Å². The van der Waals surface area contributed by atoms with Gasteiger partial charge in [-0.05, 0) is 12.0 Å². The lowest BCUT2D eigenvalue weighted by Crippen LogP contribution is -2.36. The SMILES string of the molecule is CC(C)C(CC(=O)O)C(=O)N(C)c1nc(-c2ccccc2Cl)cs1. The number of amides is 1. The second-order valence-corrected chi connectivity index (χ2v) is 7.08. The lowest BCUT2D eigenvalue weighted by atomic mass is 9.91. The number of thiazole rings is 1. The van der Waals surface area contributed by atoms with E-state index in [2.05, 4.69) is 4.98 Å². The van der Waals surface area contributed by atoms with E-state index in [-0.39, 0.29) is 18.2 Å². The van der Waals surface area contributed by atoms with Crippen LogP contribution >= 0.6 is 22.9 Å². The lowest BCUT2D eigenvalue weighted by Gasteiger charge is -2.23. The molecule has 128 valence electrons. The number of rotatable bonds is 6. The number of carbonyl (C=O) groups is 2. The Labute approximate surface area is 149 Å². The molecule has 1 amide bonds. The first-order chi connectivity index (χ1) is 11.3. The molecular weight excluding hydrogens is 348 g/mol. The van der Waals surface area contributed by atoms with Crippen LogP contribution in [0.15, 0.2) is 29.6 Å². The van der Waals surface area contributed by atoms with Crippen LogP contribution in [0.5, 0.6) is 0 Å². The number of carboxylic acid groups (broad SMARTS) is 1. The summed E-state index contributed by atoms with van der Waals surface area (Å²) in [7, 11) is 1.62. The summed E-state index contributed by atoms with van der Waals surface area (Å²) in [5.74, 6) is -1.88. The molecule has 1 atom stereocenters. The molecular formula is C17H19ClN2O3S. The standard InChI is InChI=1S/C17H19ClN2O3S/c1-10(2)12(8-15(21)22)16(23)20(3)17-19-14(9-24-17)11-6-4-5-7-13(11)18/h4-7,9-10,12H,8H2,1-3H3,(H,21,22). The first kappa shape index (κ1) is 18.4. The minimum absolute atomic E-state index is 0.0703. The van der Waals surface area contributed by atoms with Gasteiger partial charge in [0.05, 0.1) is 18.0 Å². The fraction of sp³-hybridized carbons (Fsp3) is 0.353. The molecule has 1 aromatic heterocycles. The molecule has 0 aliphatic rings. The van der Waals surface area contributed by atoms with Gasteiger partial charge in [-0.1, -0.05) is 43.6 Å². The highest BCUT2D eigenvalue weighted by Gasteiger charge is 2.29. The van der Waals surface area contributed by atoms with Crippen LogP contribution in [0.2, 0.25) is 5.02 Å². The molecule has 0 fully saturated rings. The Morgan fingerprint density at radius 1 is 1.33 bits per heavy atom. The Balaban J connectivity index is 2.24. The van der Waals surface area contributed by atoms with Gasteiger partial charge in [-0.25, -0.2) is 4.98 Å². The number of aromatic nitrogens is 1. The lowest BCUT2D eigenvalue weighted by molar-refractivity contribution is -0.141. The highest BCUT2D eigenvalue weighted by Crippen LogP contribution is 2.32. The molecule has 2 aromatic rings. The Hall–Kier alpha value is -1.92. The predicted molar refractivity (Wildman–Crippen MR) is 96.6 cm³/mol. The van der Waals surface area contributed by atoms with Crippen LogP contribution in [0.4, 0.5) is 5.13 Å². The van der Waals surface area contributed by atoms with Crippen LogP contribution in [0.25, 0.3) is 11.3 Å². The first-order valence-corrected chi connectivity index (χ1v) is 8.76. The molecule has 0 saturated heterocycles. The third-order valence-electron chi connectivity index (χ3n) is 3.78. The Bertz CT molecular complexity index is 745. The van der Waals surface area contributed by atoms with Crippen molar-refractivity contribution in [2.24, 2.45) is 11.8 Å². The molecule has 1 N–H and O–H groups in total. The normalized spacial score (nSPS) is 12.2. The van der Waals surface area contributed by atoms with E-state index in [9.17, 15) is 9.59 Å². The largest absolute Gasteiger partial charge is 0.481 e. The van der Waals surface area contributed by atoms with E-state index in [1.807, 2.05) is 37.4 Å². The summed E-state index contributed by atoms with van der Waals surface area (Å²) < 4.78 is 0. The van der Waals surface area contributed by atoms with Crippen LogP contribution in [-0.4, -0.2) is 29.0 Å². The predicted octanol–water partition coefficient (Wildman–Crippen LogP) is 4.17. The number of carbonyl (C=O) groups excluding carboxylic acids is 1. The second-order valence-electron chi connectivity index (χ2n) is 5.84. The molecule has 2 rings (SSSR count). The summed E-state index contributed by atoms with van der Waals surface area (Å²) in [5.41, 5.74) is 1.49. The van der Waals surface area contributed by atoms with Gasteiger partial charge in [0, 0.05) is 23.0 Å². The second kappa shape index (κ2) is 7.77. The van der Waals surface area contributed by atoms with Gasteiger partial charge in [-0.3, -0.25) is 14.5 Å². The third kappa shape index (κ3) is 4.13. The van der Waals surface area contributed by atoms with Gasteiger partial charge in [-0.2, -0.15) is 0 Å². The van der Waals surface area contributed by atoms with Crippen LogP contribution in [0.3, 0.4) is 0 Å². The van der Waals surface area contributed by atoms with E-state index >= 15 is 0 Å². The smallest absolute Gasteiger partial charge is 0.304 e. The average molecular weight is 367 g/mol. The van der Waals surface area contributed by atoms with Gasteiger partial charge in [0.15, 0.2) is 5.13 Å². The zero-order chi connectivity index (χ0) is 17.9. The van der Waals surface area contributed by atoms with Crippen molar-refractivity contribution in [2.75, 3.05) is 11.9 Å². The molecule has 0 bridgehead atoms. The van der Waals surface area contributed by atoms with Crippen molar-refractivity contribution >= 4 is 39.9 Å². The number of benzene rings is 1. The zero-order valence-electron chi connectivity index (χ0n) is 13.7. The summed E-state index contributed by atoms with van der Waals surface area (Å²) in [5, 5.41) is 12.0. The van der Waals surface area contributed by atoms with Crippen molar-refractivity contribution < 1.29 is 14.7 Å². The summed E-state index contributed by atoms with van der Waals surface area (Å²) in [6.07, 6.45) is -0.191. The fourth-order valence-corrected chi connectivity index (χ4v) is 3.38. The van der Waals surface area contributed by atoms with E-state index < -0.39 is 11.9 Å². The van der Waals surface area contributed by atoms with Crippen LogP contribution in [0.1, 0.15) is 20.3 Å². The van der Waals surface area contributed by atoms with Crippen molar-refractivity contribution in [1.29, 1.82) is 0 Å². The summed E-state index contributed by atoms with van der Waals surface area (Å²) in [6.45, 7) is 3.69.